The number of nitrogens with zero attached hydrogens (tertiary/aromatic N) is 1. The fourth-order valence-electron chi connectivity index (χ4n) is 3.43. The summed E-state index contributed by atoms with van der Waals surface area (Å²) >= 11 is 0. The van der Waals surface area contributed by atoms with E-state index in [4.69, 9.17) is 4.74 Å². The summed E-state index contributed by atoms with van der Waals surface area (Å²) in [5.41, 5.74) is 4.90. The molecule has 0 aliphatic carbocycles. The van der Waals surface area contributed by atoms with Gasteiger partial charge in [0.1, 0.15) is 12.4 Å². The van der Waals surface area contributed by atoms with E-state index < -0.39 is 10.0 Å². The monoisotopic (exact) mass is 432 g/mol. The van der Waals surface area contributed by atoms with E-state index in [0.717, 1.165) is 28.0 Å². The number of rotatable bonds is 10. The Morgan fingerprint density at radius 1 is 0.933 bits per heavy atom. The van der Waals surface area contributed by atoms with Crippen molar-refractivity contribution in [2.45, 2.75) is 40.5 Å². The van der Waals surface area contributed by atoms with Gasteiger partial charge >= 0.3 is 0 Å². The molecule has 2 rings (SSSR count). The van der Waals surface area contributed by atoms with Crippen molar-refractivity contribution in [2.24, 2.45) is 0 Å². The molecule has 0 saturated carbocycles. The van der Waals surface area contributed by atoms with E-state index in [1.54, 1.807) is 0 Å². The van der Waals surface area contributed by atoms with Crippen molar-refractivity contribution in [3.8, 4) is 5.75 Å². The van der Waals surface area contributed by atoms with Crippen LogP contribution in [-0.2, 0) is 14.8 Å². The van der Waals surface area contributed by atoms with Crippen molar-refractivity contribution in [3.05, 3.63) is 58.7 Å². The Hall–Kier alpha value is -2.54. The largest absolute Gasteiger partial charge is 0.492 e. The summed E-state index contributed by atoms with van der Waals surface area (Å²) in [7, 11) is -3.43. The molecule has 0 spiro atoms. The minimum Gasteiger partial charge on any atom is -0.492 e. The van der Waals surface area contributed by atoms with Crippen LogP contribution in [0.15, 0.2) is 36.4 Å². The summed E-state index contributed by atoms with van der Waals surface area (Å²) in [6, 6.07) is 11.7. The van der Waals surface area contributed by atoms with Crippen LogP contribution in [0.25, 0.3) is 0 Å². The third-order valence-corrected chi connectivity index (χ3v) is 5.74. The Labute approximate surface area is 180 Å². The SMILES string of the molecule is Cc1cc(C)cc(OCCNC(=O)CCCN(c2cc(C)cc(C)c2)S(C)(=O)=O)c1. The first-order valence-corrected chi connectivity index (χ1v) is 11.9. The van der Waals surface area contributed by atoms with E-state index in [2.05, 4.69) is 11.4 Å². The summed E-state index contributed by atoms with van der Waals surface area (Å²) in [6.07, 6.45) is 1.87. The number of benzene rings is 2. The van der Waals surface area contributed by atoms with Crippen molar-refractivity contribution < 1.29 is 17.9 Å². The molecule has 0 aromatic heterocycles. The van der Waals surface area contributed by atoms with E-state index in [1.165, 1.54) is 10.6 Å². The zero-order valence-corrected chi connectivity index (χ0v) is 19.3. The predicted molar refractivity (Wildman–Crippen MR) is 122 cm³/mol. The molecule has 0 atom stereocenters. The van der Waals surface area contributed by atoms with Gasteiger partial charge in [-0.15, -0.1) is 0 Å². The molecule has 0 radical (unpaired) electrons. The molecular weight excluding hydrogens is 400 g/mol. The second-order valence-electron chi connectivity index (χ2n) is 7.81. The summed E-state index contributed by atoms with van der Waals surface area (Å²) in [5.74, 6) is 0.673. The third kappa shape index (κ3) is 7.71. The minimum absolute atomic E-state index is 0.118. The van der Waals surface area contributed by atoms with Crippen LogP contribution in [0.2, 0.25) is 0 Å². The summed E-state index contributed by atoms with van der Waals surface area (Å²) < 4.78 is 31.5. The number of anilines is 1. The number of hydrogen-bond donors (Lipinski definition) is 1. The van der Waals surface area contributed by atoms with E-state index in [-0.39, 0.29) is 18.9 Å². The van der Waals surface area contributed by atoms with E-state index in [0.29, 0.717) is 25.3 Å². The van der Waals surface area contributed by atoms with Crippen molar-refractivity contribution >= 4 is 21.6 Å². The number of ether oxygens (including phenoxy) is 1. The van der Waals surface area contributed by atoms with Crippen LogP contribution in [0.1, 0.15) is 35.1 Å². The molecule has 0 aliphatic heterocycles. The number of carbonyl (C=O) groups is 1. The van der Waals surface area contributed by atoms with Gasteiger partial charge in [0.25, 0.3) is 0 Å². The topological polar surface area (TPSA) is 75.7 Å². The molecule has 2 aromatic carbocycles. The van der Waals surface area contributed by atoms with Crippen molar-refractivity contribution in [3.63, 3.8) is 0 Å². The van der Waals surface area contributed by atoms with Crippen LogP contribution in [0, 0.1) is 27.7 Å². The van der Waals surface area contributed by atoms with Crippen LogP contribution in [-0.4, -0.2) is 40.3 Å². The lowest BCUT2D eigenvalue weighted by atomic mass is 10.1. The normalized spacial score (nSPS) is 11.2. The van der Waals surface area contributed by atoms with E-state index in [1.807, 2.05) is 58.0 Å². The lowest BCUT2D eigenvalue weighted by molar-refractivity contribution is -0.121. The Morgan fingerprint density at radius 3 is 2.00 bits per heavy atom. The molecule has 1 amide bonds. The highest BCUT2D eigenvalue weighted by atomic mass is 32.2. The molecule has 0 heterocycles. The number of amides is 1. The van der Waals surface area contributed by atoms with Gasteiger partial charge in [-0.05, 0) is 80.6 Å². The number of hydrogen-bond acceptors (Lipinski definition) is 4. The first-order valence-electron chi connectivity index (χ1n) is 10.1. The number of carbonyl (C=O) groups excluding carboxylic acids is 1. The second kappa shape index (κ2) is 10.5. The van der Waals surface area contributed by atoms with Gasteiger partial charge in [0.05, 0.1) is 18.5 Å². The molecule has 0 unspecified atom stereocenters. The Balaban J connectivity index is 1.80. The van der Waals surface area contributed by atoms with Gasteiger partial charge in [-0.25, -0.2) is 8.42 Å². The fraction of sp³-hybridized carbons (Fsp3) is 0.435. The van der Waals surface area contributed by atoms with Gasteiger partial charge in [-0.2, -0.15) is 0 Å². The Kier molecular flexibility index (Phi) is 8.29. The fourth-order valence-corrected chi connectivity index (χ4v) is 4.38. The highest BCUT2D eigenvalue weighted by Gasteiger charge is 2.18. The van der Waals surface area contributed by atoms with Gasteiger partial charge in [-0.3, -0.25) is 9.10 Å². The highest BCUT2D eigenvalue weighted by Crippen LogP contribution is 2.22. The summed E-state index contributed by atoms with van der Waals surface area (Å²) in [4.78, 5) is 12.1. The van der Waals surface area contributed by atoms with Crippen LogP contribution in [0.5, 0.6) is 5.75 Å². The summed E-state index contributed by atoms with van der Waals surface area (Å²) in [6.45, 7) is 8.94. The van der Waals surface area contributed by atoms with Gasteiger partial charge < -0.3 is 10.1 Å². The standard InChI is InChI=1S/C23H32N2O4S/c1-17-11-18(2)14-21(13-17)25(30(5,27)28)9-6-7-23(26)24-8-10-29-22-15-19(3)12-20(4)16-22/h11-16H,6-10H2,1-5H3,(H,24,26). The predicted octanol–water partition coefficient (Wildman–Crippen LogP) is 3.66. The maximum atomic E-state index is 12.2. The van der Waals surface area contributed by atoms with Crippen LogP contribution < -0.4 is 14.4 Å². The van der Waals surface area contributed by atoms with Gasteiger partial charge in [-0.1, -0.05) is 12.1 Å². The Morgan fingerprint density at radius 2 is 1.47 bits per heavy atom. The molecule has 164 valence electrons. The summed E-state index contributed by atoms with van der Waals surface area (Å²) in [5, 5.41) is 2.82. The third-order valence-electron chi connectivity index (χ3n) is 4.55. The number of nitrogens with one attached hydrogen (secondary N) is 1. The highest BCUT2D eigenvalue weighted by molar-refractivity contribution is 7.92. The van der Waals surface area contributed by atoms with Crippen LogP contribution >= 0.6 is 0 Å². The zero-order chi connectivity index (χ0) is 22.3. The molecule has 2 aromatic rings. The Bertz CT molecular complexity index is 946. The number of aryl methyl sites for hydroxylation is 4. The van der Waals surface area contributed by atoms with Crippen molar-refractivity contribution in [1.82, 2.24) is 5.32 Å². The smallest absolute Gasteiger partial charge is 0.232 e. The average molecular weight is 433 g/mol. The van der Waals surface area contributed by atoms with Gasteiger partial charge in [0.15, 0.2) is 0 Å². The molecule has 7 heteroatoms. The number of sulfonamides is 1. The lowest BCUT2D eigenvalue weighted by Crippen LogP contribution is -2.33. The molecule has 1 N–H and O–H groups in total. The quantitative estimate of drug-likeness (QED) is 0.582. The van der Waals surface area contributed by atoms with Crippen molar-refractivity contribution in [2.75, 3.05) is 30.3 Å². The minimum atomic E-state index is -3.43. The molecule has 0 bridgehead atoms. The maximum Gasteiger partial charge on any atom is 0.232 e. The zero-order valence-electron chi connectivity index (χ0n) is 18.5. The first kappa shape index (κ1) is 23.7. The second-order valence-corrected chi connectivity index (χ2v) is 9.71. The van der Waals surface area contributed by atoms with Crippen LogP contribution in [0.3, 0.4) is 0 Å². The van der Waals surface area contributed by atoms with Crippen LogP contribution in [0.4, 0.5) is 5.69 Å². The maximum absolute atomic E-state index is 12.2. The molecule has 0 fully saturated rings. The molecule has 6 nitrogen and oxygen atoms in total. The molecular formula is C23H32N2O4S. The average Bonchev–Trinajstić information content (AvgIpc) is 2.59. The van der Waals surface area contributed by atoms with Gasteiger partial charge in [0, 0.05) is 13.0 Å². The van der Waals surface area contributed by atoms with Gasteiger partial charge in [0.2, 0.25) is 15.9 Å². The lowest BCUT2D eigenvalue weighted by Gasteiger charge is -2.23. The van der Waals surface area contributed by atoms with E-state index >= 15 is 0 Å². The van der Waals surface area contributed by atoms with Crippen molar-refractivity contribution in [1.29, 1.82) is 0 Å². The van der Waals surface area contributed by atoms with E-state index in [9.17, 15) is 13.2 Å². The molecule has 0 saturated heterocycles. The molecule has 30 heavy (non-hydrogen) atoms. The first-order chi connectivity index (χ1) is 14.0. The molecule has 0 aliphatic rings.